The summed E-state index contributed by atoms with van der Waals surface area (Å²) in [4.78, 5) is 14.8. The summed E-state index contributed by atoms with van der Waals surface area (Å²) in [7, 11) is -3.97. The van der Waals surface area contributed by atoms with Gasteiger partial charge in [-0.2, -0.15) is 0 Å². The zero-order valence-corrected chi connectivity index (χ0v) is 17.9. The molecule has 1 heterocycles. The van der Waals surface area contributed by atoms with Gasteiger partial charge in [-0.1, -0.05) is 15.9 Å². The number of nitro benzene ring substituents is 1. The summed E-state index contributed by atoms with van der Waals surface area (Å²) in [5, 5.41) is 20.7. The van der Waals surface area contributed by atoms with E-state index in [2.05, 4.69) is 25.6 Å². The van der Waals surface area contributed by atoms with E-state index in [9.17, 15) is 18.5 Å². The zero-order chi connectivity index (χ0) is 21.0. The van der Waals surface area contributed by atoms with Crippen molar-refractivity contribution in [1.29, 1.82) is 0 Å². The lowest BCUT2D eigenvalue weighted by atomic mass is 10.2. The quantitative estimate of drug-likeness (QED) is 0.457. The zero-order valence-electron chi connectivity index (χ0n) is 15.5. The Labute approximate surface area is 177 Å². The Morgan fingerprint density at radius 2 is 1.76 bits per heavy atom. The summed E-state index contributed by atoms with van der Waals surface area (Å²) < 4.78 is 28.6. The van der Waals surface area contributed by atoms with Crippen LogP contribution < -0.4 is 9.62 Å². The van der Waals surface area contributed by atoms with Crippen LogP contribution in [0.5, 0.6) is 0 Å². The number of aliphatic hydroxyl groups excluding tert-OH is 1. The molecule has 156 valence electrons. The van der Waals surface area contributed by atoms with Gasteiger partial charge in [-0.25, -0.2) is 8.42 Å². The molecule has 1 saturated heterocycles. The minimum atomic E-state index is -3.97. The minimum absolute atomic E-state index is 0.0675. The Bertz CT molecular complexity index is 976. The number of rotatable bonds is 7. The molecule has 0 unspecified atom stereocenters. The largest absolute Gasteiger partial charge is 0.395 e. The normalized spacial score (nSPS) is 15.3. The molecule has 2 aromatic rings. The standard InChI is InChI=1S/C18H21BrN4O5S/c19-14-1-3-15(4-2-14)20-29(27,28)16-5-6-17(18(13-16)23(25)26)22-9-7-21(8-10-22)11-12-24/h1-6,13,20,24H,7-12H2. The van der Waals surface area contributed by atoms with Gasteiger partial charge >= 0.3 is 0 Å². The van der Waals surface area contributed by atoms with Gasteiger partial charge in [-0.05, 0) is 36.4 Å². The Hall–Kier alpha value is -2.21. The lowest BCUT2D eigenvalue weighted by Crippen LogP contribution is -2.47. The maximum absolute atomic E-state index is 12.7. The molecule has 29 heavy (non-hydrogen) atoms. The Kier molecular flexibility index (Phi) is 6.73. The highest BCUT2D eigenvalue weighted by molar-refractivity contribution is 9.10. The summed E-state index contributed by atoms with van der Waals surface area (Å²) in [6.45, 7) is 3.09. The summed E-state index contributed by atoms with van der Waals surface area (Å²) in [5.74, 6) is 0. The second-order valence-corrected chi connectivity index (χ2v) is 9.17. The molecule has 1 fully saturated rings. The van der Waals surface area contributed by atoms with Crippen molar-refractivity contribution in [1.82, 2.24) is 4.90 Å². The van der Waals surface area contributed by atoms with Crippen LogP contribution in [0.4, 0.5) is 17.1 Å². The van der Waals surface area contributed by atoms with Crippen LogP contribution in [-0.4, -0.2) is 62.7 Å². The van der Waals surface area contributed by atoms with Crippen molar-refractivity contribution in [3.63, 3.8) is 0 Å². The van der Waals surface area contributed by atoms with Crippen molar-refractivity contribution in [3.05, 3.63) is 57.1 Å². The molecule has 2 N–H and O–H groups in total. The monoisotopic (exact) mass is 484 g/mol. The fourth-order valence-electron chi connectivity index (χ4n) is 3.17. The molecule has 0 bridgehead atoms. The first kappa shape index (κ1) is 21.5. The lowest BCUT2D eigenvalue weighted by molar-refractivity contribution is -0.384. The van der Waals surface area contributed by atoms with Crippen LogP contribution in [0.15, 0.2) is 51.8 Å². The number of nitrogens with one attached hydrogen (secondary N) is 1. The van der Waals surface area contributed by atoms with Crippen LogP contribution in [0, 0.1) is 10.1 Å². The van der Waals surface area contributed by atoms with E-state index in [0.717, 1.165) is 10.5 Å². The number of piperazine rings is 1. The van der Waals surface area contributed by atoms with Crippen LogP contribution in [-0.2, 0) is 10.0 Å². The molecule has 11 heteroatoms. The van der Waals surface area contributed by atoms with Gasteiger partial charge in [0.05, 0.1) is 16.4 Å². The predicted molar refractivity (Wildman–Crippen MR) is 114 cm³/mol. The first-order chi connectivity index (χ1) is 13.8. The second kappa shape index (κ2) is 9.08. The fourth-order valence-corrected chi connectivity index (χ4v) is 4.51. The number of hydrogen-bond acceptors (Lipinski definition) is 7. The first-order valence-corrected chi connectivity index (χ1v) is 11.2. The molecular weight excluding hydrogens is 464 g/mol. The van der Waals surface area contributed by atoms with Crippen molar-refractivity contribution < 1.29 is 18.4 Å². The molecule has 0 aromatic heterocycles. The highest BCUT2D eigenvalue weighted by Gasteiger charge is 2.26. The number of sulfonamides is 1. The molecular formula is C18H21BrN4O5S. The third kappa shape index (κ3) is 5.24. The van der Waals surface area contributed by atoms with Gasteiger partial charge < -0.3 is 10.0 Å². The molecule has 0 saturated carbocycles. The van der Waals surface area contributed by atoms with Crippen molar-refractivity contribution >= 4 is 43.0 Å². The van der Waals surface area contributed by atoms with E-state index in [-0.39, 0.29) is 17.2 Å². The fraction of sp³-hybridized carbons (Fsp3) is 0.333. The van der Waals surface area contributed by atoms with Crippen molar-refractivity contribution in [2.75, 3.05) is 49.0 Å². The van der Waals surface area contributed by atoms with Gasteiger partial charge in [0, 0.05) is 49.0 Å². The van der Waals surface area contributed by atoms with E-state index in [1.54, 1.807) is 24.3 Å². The van der Waals surface area contributed by atoms with E-state index >= 15 is 0 Å². The Morgan fingerprint density at radius 1 is 1.10 bits per heavy atom. The SMILES string of the molecule is O=[N+]([O-])c1cc(S(=O)(=O)Nc2ccc(Br)cc2)ccc1N1CCN(CCO)CC1. The second-order valence-electron chi connectivity index (χ2n) is 6.57. The summed E-state index contributed by atoms with van der Waals surface area (Å²) in [5.41, 5.74) is 0.500. The summed E-state index contributed by atoms with van der Waals surface area (Å²) in [6, 6.07) is 10.5. The van der Waals surface area contributed by atoms with Crippen LogP contribution in [0.3, 0.4) is 0 Å². The van der Waals surface area contributed by atoms with Crippen molar-refractivity contribution in [3.8, 4) is 0 Å². The molecule has 9 nitrogen and oxygen atoms in total. The maximum Gasteiger partial charge on any atom is 0.293 e. The number of anilines is 2. The van der Waals surface area contributed by atoms with E-state index < -0.39 is 14.9 Å². The van der Waals surface area contributed by atoms with E-state index in [4.69, 9.17) is 5.11 Å². The first-order valence-electron chi connectivity index (χ1n) is 8.95. The average Bonchev–Trinajstić information content (AvgIpc) is 2.70. The predicted octanol–water partition coefficient (Wildman–Crippen LogP) is 2.27. The third-order valence-corrected chi connectivity index (χ3v) is 6.59. The Morgan fingerprint density at radius 3 is 2.34 bits per heavy atom. The number of nitro groups is 1. The summed E-state index contributed by atoms with van der Waals surface area (Å²) >= 11 is 3.28. The molecule has 3 rings (SSSR count). The highest BCUT2D eigenvalue weighted by Crippen LogP contribution is 2.32. The minimum Gasteiger partial charge on any atom is -0.395 e. The van der Waals surface area contributed by atoms with Gasteiger partial charge in [0.2, 0.25) is 0 Å². The van der Waals surface area contributed by atoms with Gasteiger partial charge in [0.25, 0.3) is 15.7 Å². The molecule has 2 aromatic carbocycles. The van der Waals surface area contributed by atoms with Crippen molar-refractivity contribution in [2.45, 2.75) is 4.90 Å². The van der Waals surface area contributed by atoms with Crippen LogP contribution in [0.2, 0.25) is 0 Å². The highest BCUT2D eigenvalue weighted by atomic mass is 79.9. The van der Waals surface area contributed by atoms with Gasteiger partial charge in [-0.3, -0.25) is 19.7 Å². The van der Waals surface area contributed by atoms with E-state index in [1.807, 2.05) is 4.90 Å². The molecule has 0 spiro atoms. The number of hydrogen-bond donors (Lipinski definition) is 2. The van der Waals surface area contributed by atoms with Gasteiger partial charge in [0.1, 0.15) is 5.69 Å². The third-order valence-electron chi connectivity index (χ3n) is 4.68. The average molecular weight is 485 g/mol. The van der Waals surface area contributed by atoms with Gasteiger partial charge in [0.15, 0.2) is 0 Å². The lowest BCUT2D eigenvalue weighted by Gasteiger charge is -2.35. The van der Waals surface area contributed by atoms with E-state index in [0.29, 0.717) is 44.1 Å². The van der Waals surface area contributed by atoms with Crippen LogP contribution in [0.1, 0.15) is 0 Å². The van der Waals surface area contributed by atoms with E-state index in [1.165, 1.54) is 12.1 Å². The summed E-state index contributed by atoms with van der Waals surface area (Å²) in [6.07, 6.45) is 0. The molecule has 0 amide bonds. The maximum atomic E-state index is 12.7. The molecule has 1 aliphatic rings. The number of aliphatic hydroxyl groups is 1. The number of benzene rings is 2. The topological polar surface area (TPSA) is 116 Å². The molecule has 0 radical (unpaired) electrons. The number of nitrogens with zero attached hydrogens (tertiary/aromatic N) is 3. The molecule has 0 atom stereocenters. The molecule has 1 aliphatic heterocycles. The number of β-amino-alcohol motifs (C(OH)–C–C–N with tert-alkyl or cyclic N) is 1. The van der Waals surface area contributed by atoms with Crippen LogP contribution >= 0.6 is 15.9 Å². The van der Waals surface area contributed by atoms with Gasteiger partial charge in [-0.15, -0.1) is 0 Å². The van der Waals surface area contributed by atoms with Crippen molar-refractivity contribution in [2.24, 2.45) is 0 Å². The Balaban J connectivity index is 1.84. The molecule has 0 aliphatic carbocycles. The smallest absolute Gasteiger partial charge is 0.293 e. The number of halogens is 1. The van der Waals surface area contributed by atoms with Crippen LogP contribution in [0.25, 0.3) is 0 Å².